The summed E-state index contributed by atoms with van der Waals surface area (Å²) in [6.07, 6.45) is 1.74. The number of carbonyl (C=O) groups excluding carboxylic acids is 2. The second-order valence-corrected chi connectivity index (χ2v) is 11.1. The first kappa shape index (κ1) is 28.9. The Bertz CT molecular complexity index is 1280. The maximum Gasteiger partial charge on any atom is 0.242 e. The lowest BCUT2D eigenvalue weighted by atomic mass is 10.1. The lowest BCUT2D eigenvalue weighted by Gasteiger charge is -2.31. The molecule has 0 bridgehead atoms. The third-order valence-electron chi connectivity index (χ3n) is 6.22. The number of benzene rings is 3. The first-order valence-corrected chi connectivity index (χ1v) is 14.3. The average molecular weight is 538 g/mol. The van der Waals surface area contributed by atoms with Crippen molar-refractivity contribution in [1.82, 2.24) is 14.5 Å². The summed E-state index contributed by atoms with van der Waals surface area (Å²) in [5.74, 6) is -0.103. The Balaban J connectivity index is 1.77. The van der Waals surface area contributed by atoms with Gasteiger partial charge < -0.3 is 15.0 Å². The number of hydrogen-bond donors (Lipinski definition) is 1. The Morgan fingerprint density at radius 3 is 1.95 bits per heavy atom. The van der Waals surface area contributed by atoms with E-state index in [1.54, 1.807) is 38.3 Å². The minimum atomic E-state index is -3.70. The molecule has 0 radical (unpaired) electrons. The molecular weight excluding hydrogens is 502 g/mol. The summed E-state index contributed by atoms with van der Waals surface area (Å²) in [6, 6.07) is 25.2. The number of amides is 2. The van der Waals surface area contributed by atoms with Crippen molar-refractivity contribution in [3.63, 3.8) is 0 Å². The smallest absolute Gasteiger partial charge is 0.242 e. The summed E-state index contributed by atoms with van der Waals surface area (Å²) in [6.45, 7) is 1.88. The number of carbonyl (C=O) groups is 2. The van der Waals surface area contributed by atoms with Gasteiger partial charge in [0.1, 0.15) is 11.8 Å². The highest BCUT2D eigenvalue weighted by molar-refractivity contribution is 7.88. The van der Waals surface area contributed by atoms with Gasteiger partial charge in [0.15, 0.2) is 0 Å². The summed E-state index contributed by atoms with van der Waals surface area (Å²) < 4.78 is 31.5. The number of methoxy groups -OCH3 is 1. The molecule has 2 amide bonds. The molecule has 0 saturated heterocycles. The SMILES string of the molecule is COc1ccc(CN(C(=O)CN(Cc2ccccc2)S(C)(=O)=O)[C@H](C)C(=O)NCCc2ccccc2)cc1. The van der Waals surface area contributed by atoms with Gasteiger partial charge in [-0.15, -0.1) is 0 Å². The fraction of sp³-hybridized carbons (Fsp3) is 0.310. The van der Waals surface area contributed by atoms with Crippen LogP contribution < -0.4 is 10.1 Å². The van der Waals surface area contributed by atoms with Crippen LogP contribution in [0, 0.1) is 0 Å². The van der Waals surface area contributed by atoms with E-state index in [-0.39, 0.29) is 25.5 Å². The zero-order valence-electron chi connectivity index (χ0n) is 22.0. The van der Waals surface area contributed by atoms with Gasteiger partial charge in [-0.25, -0.2) is 8.42 Å². The standard InChI is InChI=1S/C29H35N3O5S/c1-23(29(34)30-19-18-24-10-6-4-7-11-24)32(21-26-14-16-27(37-2)17-15-26)28(33)22-31(38(3,35)36)20-25-12-8-5-9-13-25/h4-17,23H,18-22H2,1-3H3,(H,30,34)/t23-/m1/s1. The highest BCUT2D eigenvalue weighted by Crippen LogP contribution is 2.16. The van der Waals surface area contributed by atoms with E-state index in [1.165, 1.54) is 4.90 Å². The lowest BCUT2D eigenvalue weighted by Crippen LogP contribution is -2.51. The molecule has 202 valence electrons. The second kappa shape index (κ2) is 13.7. The molecule has 0 aliphatic carbocycles. The van der Waals surface area contributed by atoms with E-state index in [1.807, 2.05) is 60.7 Å². The van der Waals surface area contributed by atoms with Crippen LogP contribution in [0.25, 0.3) is 0 Å². The van der Waals surface area contributed by atoms with Crippen molar-refractivity contribution >= 4 is 21.8 Å². The van der Waals surface area contributed by atoms with E-state index >= 15 is 0 Å². The van der Waals surface area contributed by atoms with Gasteiger partial charge >= 0.3 is 0 Å². The van der Waals surface area contributed by atoms with E-state index in [4.69, 9.17) is 4.74 Å². The molecule has 0 heterocycles. The molecule has 0 aliphatic heterocycles. The van der Waals surface area contributed by atoms with E-state index in [9.17, 15) is 18.0 Å². The van der Waals surface area contributed by atoms with E-state index in [0.29, 0.717) is 18.7 Å². The molecular formula is C29H35N3O5S. The van der Waals surface area contributed by atoms with Gasteiger partial charge in [-0.05, 0) is 42.2 Å². The highest BCUT2D eigenvalue weighted by Gasteiger charge is 2.29. The summed E-state index contributed by atoms with van der Waals surface area (Å²) in [7, 11) is -2.13. The molecule has 0 spiro atoms. The summed E-state index contributed by atoms with van der Waals surface area (Å²) >= 11 is 0. The van der Waals surface area contributed by atoms with Gasteiger partial charge in [-0.1, -0.05) is 72.8 Å². The zero-order valence-corrected chi connectivity index (χ0v) is 22.9. The van der Waals surface area contributed by atoms with E-state index in [0.717, 1.165) is 27.3 Å². The number of ether oxygens (including phenoxy) is 1. The first-order valence-electron chi connectivity index (χ1n) is 12.4. The number of sulfonamides is 1. The molecule has 38 heavy (non-hydrogen) atoms. The normalized spacial score (nSPS) is 12.1. The van der Waals surface area contributed by atoms with Crippen LogP contribution in [0.2, 0.25) is 0 Å². The van der Waals surface area contributed by atoms with Crippen LogP contribution in [-0.4, -0.2) is 61.9 Å². The molecule has 0 aromatic heterocycles. The molecule has 0 unspecified atom stereocenters. The highest BCUT2D eigenvalue weighted by atomic mass is 32.2. The van der Waals surface area contributed by atoms with Gasteiger partial charge in [0.2, 0.25) is 21.8 Å². The summed E-state index contributed by atoms with van der Waals surface area (Å²) in [5, 5.41) is 2.91. The van der Waals surface area contributed by atoms with Crippen molar-refractivity contribution in [3.05, 3.63) is 102 Å². The summed E-state index contributed by atoms with van der Waals surface area (Å²) in [5.41, 5.74) is 2.65. The van der Waals surface area contributed by atoms with Gasteiger partial charge in [0.25, 0.3) is 0 Å². The molecule has 3 aromatic rings. The van der Waals surface area contributed by atoms with Crippen molar-refractivity contribution in [2.24, 2.45) is 0 Å². The Hall–Kier alpha value is -3.69. The third kappa shape index (κ3) is 8.71. The molecule has 8 nitrogen and oxygen atoms in total. The van der Waals surface area contributed by atoms with Crippen molar-refractivity contribution in [2.75, 3.05) is 26.5 Å². The van der Waals surface area contributed by atoms with Crippen LogP contribution in [0.4, 0.5) is 0 Å². The van der Waals surface area contributed by atoms with Crippen LogP contribution in [0.3, 0.4) is 0 Å². The summed E-state index contributed by atoms with van der Waals surface area (Å²) in [4.78, 5) is 28.1. The number of nitrogens with one attached hydrogen (secondary N) is 1. The quantitative estimate of drug-likeness (QED) is 0.361. The topological polar surface area (TPSA) is 96.0 Å². The largest absolute Gasteiger partial charge is 0.497 e. The fourth-order valence-corrected chi connectivity index (χ4v) is 4.68. The van der Waals surface area contributed by atoms with Crippen LogP contribution >= 0.6 is 0 Å². The second-order valence-electron chi connectivity index (χ2n) is 9.09. The van der Waals surface area contributed by atoms with Crippen LogP contribution in [0.1, 0.15) is 23.6 Å². The van der Waals surface area contributed by atoms with Crippen LogP contribution in [0.15, 0.2) is 84.9 Å². The number of rotatable bonds is 13. The van der Waals surface area contributed by atoms with Crippen molar-refractivity contribution in [2.45, 2.75) is 32.5 Å². The Morgan fingerprint density at radius 2 is 1.39 bits per heavy atom. The molecule has 1 atom stereocenters. The zero-order chi connectivity index (χ0) is 27.5. The number of hydrogen-bond acceptors (Lipinski definition) is 5. The van der Waals surface area contributed by atoms with Gasteiger partial charge in [0.05, 0.1) is 19.9 Å². The molecule has 9 heteroatoms. The molecule has 1 N–H and O–H groups in total. The Morgan fingerprint density at radius 1 is 0.842 bits per heavy atom. The van der Waals surface area contributed by atoms with Crippen LogP contribution in [0.5, 0.6) is 5.75 Å². The van der Waals surface area contributed by atoms with E-state index < -0.39 is 22.0 Å². The van der Waals surface area contributed by atoms with Gasteiger partial charge in [-0.2, -0.15) is 4.31 Å². The Labute approximate surface area is 225 Å². The monoisotopic (exact) mass is 537 g/mol. The van der Waals surface area contributed by atoms with Crippen molar-refractivity contribution in [3.8, 4) is 5.75 Å². The maximum atomic E-state index is 13.6. The molecule has 3 rings (SSSR count). The molecule has 0 saturated carbocycles. The first-order chi connectivity index (χ1) is 18.2. The molecule has 0 aliphatic rings. The number of nitrogens with zero attached hydrogens (tertiary/aromatic N) is 2. The lowest BCUT2D eigenvalue weighted by molar-refractivity contribution is -0.140. The maximum absolute atomic E-state index is 13.6. The Kier molecular flexibility index (Phi) is 10.4. The minimum Gasteiger partial charge on any atom is -0.497 e. The molecule has 3 aromatic carbocycles. The van der Waals surface area contributed by atoms with Crippen molar-refractivity contribution in [1.29, 1.82) is 0 Å². The predicted molar refractivity (Wildman–Crippen MR) is 148 cm³/mol. The average Bonchev–Trinajstić information content (AvgIpc) is 2.92. The fourth-order valence-electron chi connectivity index (χ4n) is 3.95. The molecule has 0 fully saturated rings. The van der Waals surface area contributed by atoms with Crippen molar-refractivity contribution < 1.29 is 22.7 Å². The van der Waals surface area contributed by atoms with Gasteiger partial charge in [0, 0.05) is 19.6 Å². The van der Waals surface area contributed by atoms with Gasteiger partial charge in [-0.3, -0.25) is 9.59 Å². The third-order valence-corrected chi connectivity index (χ3v) is 7.41. The van der Waals surface area contributed by atoms with E-state index in [2.05, 4.69) is 5.32 Å². The minimum absolute atomic E-state index is 0.0550. The van der Waals surface area contributed by atoms with Crippen LogP contribution in [-0.2, 0) is 39.1 Å². The predicted octanol–water partition coefficient (Wildman–Crippen LogP) is 3.23.